The Balaban J connectivity index is 1.58. The van der Waals surface area contributed by atoms with E-state index in [-0.39, 0.29) is 6.54 Å². The Morgan fingerprint density at radius 1 is 1.19 bits per heavy atom. The summed E-state index contributed by atoms with van der Waals surface area (Å²) >= 11 is 1.84. The van der Waals surface area contributed by atoms with E-state index in [2.05, 4.69) is 54.5 Å². The average Bonchev–Trinajstić information content (AvgIpc) is 2.70. The number of hydrogen-bond donors (Lipinski definition) is 2. The summed E-state index contributed by atoms with van der Waals surface area (Å²) in [6.45, 7) is 8.50. The molecule has 0 spiro atoms. The highest BCUT2D eigenvalue weighted by atomic mass is 32.2. The van der Waals surface area contributed by atoms with Crippen molar-refractivity contribution in [2.75, 3.05) is 18.8 Å². The summed E-state index contributed by atoms with van der Waals surface area (Å²) in [6, 6.07) is 16.4. The van der Waals surface area contributed by atoms with E-state index < -0.39 is 0 Å². The molecular weight excluding hydrogens is 404 g/mol. The highest BCUT2D eigenvalue weighted by Crippen LogP contribution is 2.32. The zero-order valence-corrected chi connectivity index (χ0v) is 19.1. The third kappa shape index (κ3) is 4.81. The van der Waals surface area contributed by atoms with Crippen molar-refractivity contribution >= 4 is 23.3 Å². The Labute approximate surface area is 188 Å². The van der Waals surface area contributed by atoms with Gasteiger partial charge in [0.05, 0.1) is 5.56 Å². The summed E-state index contributed by atoms with van der Waals surface area (Å²) in [5.41, 5.74) is 11.9. The highest BCUT2D eigenvalue weighted by molar-refractivity contribution is 7.99. The second kappa shape index (κ2) is 9.20. The average molecular weight is 434 g/mol. The van der Waals surface area contributed by atoms with Gasteiger partial charge in [0.25, 0.3) is 5.69 Å². The highest BCUT2D eigenvalue weighted by Gasteiger charge is 2.24. The molecule has 6 heteroatoms. The first-order chi connectivity index (χ1) is 14.9. The molecule has 1 fully saturated rings. The predicted molar refractivity (Wildman–Crippen MR) is 129 cm³/mol. The minimum absolute atomic E-state index is 0.173. The lowest BCUT2D eigenvalue weighted by molar-refractivity contribution is -0.480. The van der Waals surface area contributed by atoms with Crippen LogP contribution in [0, 0.1) is 11.8 Å². The van der Waals surface area contributed by atoms with Gasteiger partial charge in [-0.15, -0.1) is 11.8 Å². The summed E-state index contributed by atoms with van der Waals surface area (Å²) in [4.78, 5) is 18.7. The lowest BCUT2D eigenvalue weighted by Gasteiger charge is -2.27. The molecule has 5 nitrogen and oxygen atoms in total. The Bertz CT molecular complexity index is 1090. The number of nitrogens with one attached hydrogen (secondary N) is 1. The number of nitrogens with zero attached hydrogens (tertiary/aromatic N) is 2. The van der Waals surface area contributed by atoms with Gasteiger partial charge in [0, 0.05) is 62.7 Å². The monoisotopic (exact) mass is 433 g/mol. The van der Waals surface area contributed by atoms with Crippen molar-refractivity contribution in [3.8, 4) is 11.1 Å². The van der Waals surface area contributed by atoms with Crippen LogP contribution in [0.4, 0.5) is 11.5 Å². The van der Waals surface area contributed by atoms with Crippen LogP contribution in [-0.2, 0) is 6.54 Å². The molecule has 0 radical (unpaired) electrons. The van der Waals surface area contributed by atoms with E-state index >= 15 is 0 Å². The molecule has 0 bridgehead atoms. The molecule has 3 aromatic rings. The van der Waals surface area contributed by atoms with Gasteiger partial charge in [-0.1, -0.05) is 38.1 Å². The number of aromatic nitrogens is 1. The van der Waals surface area contributed by atoms with Crippen molar-refractivity contribution in [2.24, 2.45) is 0 Å². The molecule has 1 aliphatic rings. The maximum atomic E-state index is 13.0. The molecule has 0 amide bonds. The molecule has 2 heterocycles. The van der Waals surface area contributed by atoms with Crippen LogP contribution in [0.1, 0.15) is 36.5 Å². The number of rotatable bonds is 7. The minimum atomic E-state index is 0.173. The van der Waals surface area contributed by atoms with Crippen LogP contribution in [-0.4, -0.2) is 28.1 Å². The van der Waals surface area contributed by atoms with Crippen LogP contribution in [0.15, 0.2) is 59.6 Å². The second-order valence-electron chi connectivity index (χ2n) is 8.34. The Morgan fingerprint density at radius 2 is 1.94 bits per heavy atom. The van der Waals surface area contributed by atoms with Crippen molar-refractivity contribution < 1.29 is 4.76 Å². The van der Waals surface area contributed by atoms with Crippen LogP contribution in [0.5, 0.6) is 0 Å². The molecular formula is C25H29N4OS+. The van der Waals surface area contributed by atoms with Gasteiger partial charge in [0.15, 0.2) is 0 Å². The molecule has 31 heavy (non-hydrogen) atoms. The molecule has 0 aliphatic carbocycles. The third-order valence-electron chi connectivity index (χ3n) is 5.75. The smallest absolute Gasteiger partial charge is 0.256 e. The van der Waals surface area contributed by atoms with Gasteiger partial charge < -0.3 is 11.1 Å². The number of nitrogen functional groups attached to an aromatic ring is 1. The molecule has 2 aromatic carbocycles. The van der Waals surface area contributed by atoms with Crippen LogP contribution >= 0.6 is 11.8 Å². The van der Waals surface area contributed by atoms with Crippen LogP contribution in [0.3, 0.4) is 0 Å². The Kier molecular flexibility index (Phi) is 6.39. The maximum Gasteiger partial charge on any atom is 0.256 e. The standard InChI is InChI=1S/C25H29N4OS/c1-16(2)31-22-9-7-18(8-10-22)23-14-28-25(26)24(17(23)3)15-29(30)21-6-4-5-19(11-21)20-12-27-13-20/h4-11,14,16,20,27H,12-13,15H2,1-3H3,(H2,26,28)/q+1. The number of anilines is 1. The molecule has 0 unspecified atom stereocenters. The molecule has 4 rings (SSSR count). The number of hydrogen-bond acceptors (Lipinski definition) is 5. The van der Waals surface area contributed by atoms with Crippen molar-refractivity contribution in [1.82, 2.24) is 10.3 Å². The Morgan fingerprint density at radius 3 is 2.58 bits per heavy atom. The second-order valence-corrected chi connectivity index (χ2v) is 9.99. The summed E-state index contributed by atoms with van der Waals surface area (Å²) < 4.78 is 1.02. The number of nitrogens with two attached hydrogens (primary N) is 1. The summed E-state index contributed by atoms with van der Waals surface area (Å²) in [5, 5.41) is 3.82. The molecule has 1 aliphatic heterocycles. The van der Waals surface area contributed by atoms with Gasteiger partial charge in [-0.3, -0.25) is 0 Å². The zero-order chi connectivity index (χ0) is 22.0. The van der Waals surface area contributed by atoms with Crippen LogP contribution in [0.25, 0.3) is 11.1 Å². The molecule has 0 atom stereocenters. The summed E-state index contributed by atoms with van der Waals surface area (Å²) in [5.74, 6) is 0.899. The maximum absolute atomic E-state index is 13.0. The SMILES string of the molecule is Cc1c(-c2ccc(SC(C)C)cc2)cnc(N)c1C[N+](=O)c1cccc(C2CNC2)c1. The molecule has 1 aromatic heterocycles. The lowest BCUT2D eigenvalue weighted by Crippen LogP contribution is -2.39. The lowest BCUT2D eigenvalue weighted by atomic mass is 9.93. The van der Waals surface area contributed by atoms with Crippen molar-refractivity contribution in [1.29, 1.82) is 0 Å². The number of nitroso groups, excluding NO2 is 1. The van der Waals surface area contributed by atoms with Gasteiger partial charge >= 0.3 is 0 Å². The molecule has 1 saturated heterocycles. The topological polar surface area (TPSA) is 71.0 Å². The predicted octanol–water partition coefficient (Wildman–Crippen LogP) is 5.44. The number of pyridine rings is 1. The van der Waals surface area contributed by atoms with E-state index in [1.807, 2.05) is 36.9 Å². The Hall–Kier alpha value is -2.70. The third-order valence-corrected chi connectivity index (χ3v) is 6.76. The van der Waals surface area contributed by atoms with Gasteiger partial charge in [0.1, 0.15) is 5.82 Å². The van der Waals surface area contributed by atoms with Gasteiger partial charge in [0.2, 0.25) is 6.54 Å². The van der Waals surface area contributed by atoms with Crippen molar-refractivity contribution in [3.05, 3.63) is 76.3 Å². The van der Waals surface area contributed by atoms with E-state index in [0.717, 1.165) is 40.1 Å². The molecule has 3 N–H and O–H groups in total. The summed E-state index contributed by atoms with van der Waals surface area (Å²) in [6.07, 6.45) is 1.80. The first kappa shape index (κ1) is 21.5. The van der Waals surface area contributed by atoms with Crippen LogP contribution in [0.2, 0.25) is 0 Å². The van der Waals surface area contributed by atoms with Gasteiger partial charge in [-0.25, -0.2) is 4.98 Å². The van der Waals surface area contributed by atoms with E-state index in [4.69, 9.17) is 5.73 Å². The first-order valence-electron chi connectivity index (χ1n) is 10.7. The van der Waals surface area contributed by atoms with E-state index in [0.29, 0.717) is 22.7 Å². The number of benzene rings is 2. The number of thioether (sulfide) groups is 1. The van der Waals surface area contributed by atoms with Crippen molar-refractivity contribution in [3.63, 3.8) is 0 Å². The summed E-state index contributed by atoms with van der Waals surface area (Å²) in [7, 11) is 0. The zero-order valence-electron chi connectivity index (χ0n) is 18.3. The fraction of sp³-hybridized carbons (Fsp3) is 0.320. The molecule has 0 saturated carbocycles. The van der Waals surface area contributed by atoms with E-state index in [1.165, 1.54) is 10.5 Å². The quantitative estimate of drug-likeness (QED) is 0.384. The van der Waals surface area contributed by atoms with Gasteiger partial charge in [-0.2, -0.15) is 0 Å². The normalized spacial score (nSPS) is 13.9. The first-order valence-corrected chi connectivity index (χ1v) is 11.6. The minimum Gasteiger partial charge on any atom is -0.383 e. The fourth-order valence-electron chi connectivity index (χ4n) is 3.83. The van der Waals surface area contributed by atoms with E-state index in [1.54, 1.807) is 6.20 Å². The van der Waals surface area contributed by atoms with Gasteiger partial charge in [-0.05, 0) is 35.7 Å². The molecule has 160 valence electrons. The fourth-order valence-corrected chi connectivity index (χ4v) is 4.67. The largest absolute Gasteiger partial charge is 0.383 e. The van der Waals surface area contributed by atoms with Crippen LogP contribution < -0.4 is 11.1 Å². The van der Waals surface area contributed by atoms with Crippen molar-refractivity contribution in [2.45, 2.75) is 43.4 Å². The van der Waals surface area contributed by atoms with E-state index in [9.17, 15) is 4.91 Å².